The Kier molecular flexibility index (Phi) is 5.17. The third-order valence-corrected chi connectivity index (χ3v) is 4.27. The minimum atomic E-state index is -4.15. The Hall–Kier alpha value is -2.22. The van der Waals surface area contributed by atoms with Crippen LogP contribution >= 0.6 is 0 Å². The van der Waals surface area contributed by atoms with Gasteiger partial charge in [0.2, 0.25) is 0 Å². The zero-order chi connectivity index (χ0) is 17.9. The van der Waals surface area contributed by atoms with Crippen molar-refractivity contribution < 1.29 is 13.2 Å². The SMILES string of the molecule is CN=C(NCc1cc2ccccc2[nH]1)NC1CCN(CC(F)(F)F)C1. The number of nitrogens with zero attached hydrogens (tertiary/aromatic N) is 2. The average molecular weight is 353 g/mol. The minimum absolute atomic E-state index is 0.0312. The molecule has 5 nitrogen and oxygen atoms in total. The van der Waals surface area contributed by atoms with Crippen LogP contribution in [0.15, 0.2) is 35.3 Å². The van der Waals surface area contributed by atoms with Crippen LogP contribution in [0.4, 0.5) is 13.2 Å². The monoisotopic (exact) mass is 353 g/mol. The number of alkyl halides is 3. The molecule has 1 aliphatic heterocycles. The van der Waals surface area contributed by atoms with Crippen LogP contribution in [-0.4, -0.2) is 54.7 Å². The number of halogens is 3. The third-order valence-electron chi connectivity index (χ3n) is 4.27. The van der Waals surface area contributed by atoms with Crippen molar-refractivity contribution in [1.29, 1.82) is 0 Å². The summed E-state index contributed by atoms with van der Waals surface area (Å²) >= 11 is 0. The zero-order valence-corrected chi connectivity index (χ0v) is 14.0. The van der Waals surface area contributed by atoms with Gasteiger partial charge in [-0.3, -0.25) is 9.89 Å². The van der Waals surface area contributed by atoms with E-state index in [-0.39, 0.29) is 6.04 Å². The number of fused-ring (bicyclic) bond motifs is 1. The number of nitrogens with one attached hydrogen (secondary N) is 3. The first kappa shape index (κ1) is 17.6. The highest BCUT2D eigenvalue weighted by atomic mass is 19.4. The number of likely N-dealkylation sites (tertiary alicyclic amines) is 1. The molecule has 0 aliphatic carbocycles. The van der Waals surface area contributed by atoms with Gasteiger partial charge in [-0.2, -0.15) is 13.2 Å². The molecule has 1 atom stereocenters. The summed E-state index contributed by atoms with van der Waals surface area (Å²) in [5, 5.41) is 7.54. The molecule has 0 amide bonds. The molecule has 1 fully saturated rings. The lowest BCUT2D eigenvalue weighted by atomic mass is 10.2. The molecule has 0 saturated carbocycles. The van der Waals surface area contributed by atoms with Crippen LogP contribution < -0.4 is 10.6 Å². The summed E-state index contributed by atoms with van der Waals surface area (Å²) in [4.78, 5) is 8.90. The first-order valence-corrected chi connectivity index (χ1v) is 8.26. The van der Waals surface area contributed by atoms with Gasteiger partial charge in [0.15, 0.2) is 5.96 Å². The highest BCUT2D eigenvalue weighted by molar-refractivity contribution is 5.81. The number of benzene rings is 1. The lowest BCUT2D eigenvalue weighted by Crippen LogP contribution is -2.44. The first-order chi connectivity index (χ1) is 11.9. The number of aliphatic imine (C=N–C) groups is 1. The van der Waals surface area contributed by atoms with Crippen LogP contribution in [0.1, 0.15) is 12.1 Å². The maximum atomic E-state index is 12.5. The van der Waals surface area contributed by atoms with Crippen molar-refractivity contribution in [2.24, 2.45) is 4.99 Å². The van der Waals surface area contributed by atoms with Gasteiger partial charge in [-0.25, -0.2) is 0 Å². The average Bonchev–Trinajstić information content (AvgIpc) is 3.15. The summed E-state index contributed by atoms with van der Waals surface area (Å²) in [5.74, 6) is 0.595. The molecule has 1 aromatic heterocycles. The number of hydrogen-bond donors (Lipinski definition) is 3. The Morgan fingerprint density at radius 3 is 2.88 bits per heavy atom. The number of rotatable bonds is 4. The van der Waals surface area contributed by atoms with Gasteiger partial charge in [-0.1, -0.05) is 18.2 Å². The van der Waals surface area contributed by atoms with Crippen LogP contribution in [0, 0.1) is 0 Å². The van der Waals surface area contributed by atoms with E-state index in [2.05, 4.69) is 26.7 Å². The highest BCUT2D eigenvalue weighted by Gasteiger charge is 2.34. The van der Waals surface area contributed by atoms with Crippen molar-refractivity contribution in [3.05, 3.63) is 36.0 Å². The Labute approximate surface area is 144 Å². The van der Waals surface area contributed by atoms with Gasteiger partial charge >= 0.3 is 6.18 Å². The Balaban J connectivity index is 1.50. The maximum absolute atomic E-state index is 12.5. The van der Waals surface area contributed by atoms with Crippen molar-refractivity contribution in [3.8, 4) is 0 Å². The van der Waals surface area contributed by atoms with Crippen LogP contribution in [0.3, 0.4) is 0 Å². The van der Waals surface area contributed by atoms with Crippen molar-refractivity contribution in [3.63, 3.8) is 0 Å². The summed E-state index contributed by atoms with van der Waals surface area (Å²) in [7, 11) is 1.66. The van der Waals surface area contributed by atoms with E-state index in [1.165, 1.54) is 4.90 Å². The van der Waals surface area contributed by atoms with E-state index in [4.69, 9.17) is 0 Å². The molecule has 2 heterocycles. The van der Waals surface area contributed by atoms with Crippen LogP contribution in [0.5, 0.6) is 0 Å². The fourth-order valence-corrected chi connectivity index (χ4v) is 3.14. The van der Waals surface area contributed by atoms with Gasteiger partial charge < -0.3 is 15.6 Å². The van der Waals surface area contributed by atoms with Crippen LogP contribution in [0.25, 0.3) is 10.9 Å². The summed E-state index contributed by atoms with van der Waals surface area (Å²) in [6.07, 6.45) is -3.48. The Morgan fingerprint density at radius 1 is 1.36 bits per heavy atom. The lowest BCUT2D eigenvalue weighted by molar-refractivity contribution is -0.143. The van der Waals surface area contributed by atoms with Gasteiger partial charge in [-0.15, -0.1) is 0 Å². The van der Waals surface area contributed by atoms with Crippen molar-refractivity contribution in [1.82, 2.24) is 20.5 Å². The molecule has 1 aromatic carbocycles. The third kappa shape index (κ3) is 4.88. The Morgan fingerprint density at radius 2 is 2.16 bits per heavy atom. The molecule has 1 unspecified atom stereocenters. The molecule has 3 N–H and O–H groups in total. The second-order valence-corrected chi connectivity index (χ2v) is 6.29. The fraction of sp³-hybridized carbons (Fsp3) is 0.471. The summed E-state index contributed by atoms with van der Waals surface area (Å²) < 4.78 is 37.4. The number of aromatic amines is 1. The maximum Gasteiger partial charge on any atom is 0.401 e. The van der Waals surface area contributed by atoms with E-state index in [9.17, 15) is 13.2 Å². The minimum Gasteiger partial charge on any atom is -0.357 e. The molecule has 136 valence electrons. The fourth-order valence-electron chi connectivity index (χ4n) is 3.14. The molecule has 25 heavy (non-hydrogen) atoms. The van der Waals surface area contributed by atoms with Crippen molar-refractivity contribution in [2.45, 2.75) is 25.2 Å². The standard InChI is InChI=1S/C17H22F3N5/c1-21-16(24-13-6-7-25(10-13)11-17(18,19)20)22-9-14-8-12-4-2-3-5-15(12)23-14/h2-5,8,13,23H,6-7,9-11H2,1H3,(H2,21,22,24). The van der Waals surface area contributed by atoms with Crippen LogP contribution in [-0.2, 0) is 6.54 Å². The molecule has 0 radical (unpaired) electrons. The van der Waals surface area contributed by atoms with Crippen LogP contribution in [0.2, 0.25) is 0 Å². The van der Waals surface area contributed by atoms with E-state index in [1.807, 2.05) is 24.3 Å². The van der Waals surface area contributed by atoms with Gasteiger partial charge in [0, 0.05) is 37.4 Å². The molecular formula is C17H22F3N5. The number of guanidine groups is 1. The summed E-state index contributed by atoms with van der Waals surface area (Å²) in [5.41, 5.74) is 2.09. The smallest absolute Gasteiger partial charge is 0.357 e. The van der Waals surface area contributed by atoms with E-state index < -0.39 is 12.7 Å². The highest BCUT2D eigenvalue weighted by Crippen LogP contribution is 2.20. The summed E-state index contributed by atoms with van der Waals surface area (Å²) in [6, 6.07) is 10.0. The molecule has 0 spiro atoms. The van der Waals surface area contributed by atoms with Gasteiger partial charge in [0.05, 0.1) is 13.1 Å². The zero-order valence-electron chi connectivity index (χ0n) is 14.0. The number of H-pyrrole nitrogens is 1. The lowest BCUT2D eigenvalue weighted by Gasteiger charge is -2.19. The predicted octanol–water partition coefficient (Wildman–Crippen LogP) is 2.47. The molecule has 1 saturated heterocycles. The van der Waals surface area contributed by atoms with E-state index in [0.717, 1.165) is 16.6 Å². The predicted molar refractivity (Wildman–Crippen MR) is 92.5 cm³/mol. The van der Waals surface area contributed by atoms with Gasteiger partial charge in [0.25, 0.3) is 0 Å². The van der Waals surface area contributed by atoms with E-state index >= 15 is 0 Å². The number of hydrogen-bond acceptors (Lipinski definition) is 2. The van der Waals surface area contributed by atoms with Gasteiger partial charge in [-0.05, 0) is 23.9 Å². The van der Waals surface area contributed by atoms with E-state index in [1.54, 1.807) is 7.05 Å². The number of aromatic nitrogens is 1. The summed E-state index contributed by atoms with van der Waals surface area (Å²) in [6.45, 7) is 0.516. The molecule has 2 aromatic rings. The largest absolute Gasteiger partial charge is 0.401 e. The van der Waals surface area contributed by atoms with Crippen molar-refractivity contribution in [2.75, 3.05) is 26.7 Å². The molecule has 3 rings (SSSR count). The second-order valence-electron chi connectivity index (χ2n) is 6.29. The van der Waals surface area contributed by atoms with E-state index in [0.29, 0.717) is 32.0 Å². The molecule has 0 bridgehead atoms. The van der Waals surface area contributed by atoms with Gasteiger partial charge in [0.1, 0.15) is 0 Å². The number of para-hydroxylation sites is 1. The Bertz CT molecular complexity index is 704. The molecule has 1 aliphatic rings. The molecule has 8 heteroatoms. The second kappa shape index (κ2) is 7.35. The normalized spacial score (nSPS) is 19.5. The van der Waals surface area contributed by atoms with Crippen molar-refractivity contribution >= 4 is 16.9 Å². The molecular weight excluding hydrogens is 331 g/mol. The quantitative estimate of drug-likeness (QED) is 0.585. The first-order valence-electron chi connectivity index (χ1n) is 8.26. The topological polar surface area (TPSA) is 55.5 Å².